The van der Waals surface area contributed by atoms with Crippen LogP contribution in [0.25, 0.3) is 27.9 Å². The van der Waals surface area contributed by atoms with Crippen LogP contribution in [-0.4, -0.2) is 59.0 Å². The van der Waals surface area contributed by atoms with Gasteiger partial charge in [-0.05, 0) is 23.3 Å². The maximum absolute atomic E-state index is 5.91. The van der Waals surface area contributed by atoms with Crippen molar-refractivity contribution in [2.75, 3.05) is 39.5 Å². The second-order valence-corrected chi connectivity index (χ2v) is 7.36. The molecular formula is C24H24N4O2. The van der Waals surface area contributed by atoms with Crippen LogP contribution in [0.3, 0.4) is 0 Å². The van der Waals surface area contributed by atoms with Crippen LogP contribution in [0.4, 0.5) is 0 Å². The molecule has 0 radical (unpaired) electrons. The maximum atomic E-state index is 5.91. The molecule has 1 aliphatic heterocycles. The zero-order valence-corrected chi connectivity index (χ0v) is 16.8. The van der Waals surface area contributed by atoms with Crippen LogP contribution in [0.5, 0.6) is 5.75 Å². The minimum Gasteiger partial charge on any atom is -0.492 e. The zero-order chi connectivity index (χ0) is 20.2. The van der Waals surface area contributed by atoms with Gasteiger partial charge in [0.1, 0.15) is 12.4 Å². The molecule has 0 N–H and O–H groups in total. The molecule has 0 amide bonds. The number of rotatable bonds is 6. The van der Waals surface area contributed by atoms with Gasteiger partial charge in [0.05, 0.1) is 19.4 Å². The third-order valence-electron chi connectivity index (χ3n) is 5.41. The summed E-state index contributed by atoms with van der Waals surface area (Å²) in [7, 11) is 0. The molecule has 2 aromatic heterocycles. The van der Waals surface area contributed by atoms with E-state index in [0.29, 0.717) is 6.61 Å². The van der Waals surface area contributed by atoms with Gasteiger partial charge >= 0.3 is 0 Å². The van der Waals surface area contributed by atoms with Crippen molar-refractivity contribution in [3.63, 3.8) is 0 Å². The minimum atomic E-state index is 0.683. The maximum Gasteiger partial charge on any atom is 0.162 e. The number of aromatic nitrogens is 3. The molecule has 0 aliphatic carbocycles. The van der Waals surface area contributed by atoms with Crippen LogP contribution in [0.1, 0.15) is 0 Å². The Kier molecular flexibility index (Phi) is 5.42. The van der Waals surface area contributed by atoms with Crippen molar-refractivity contribution in [2.24, 2.45) is 0 Å². The lowest BCUT2D eigenvalue weighted by Gasteiger charge is -2.26. The molecule has 1 fully saturated rings. The van der Waals surface area contributed by atoms with Gasteiger partial charge < -0.3 is 9.47 Å². The number of hydrogen-bond donors (Lipinski definition) is 0. The van der Waals surface area contributed by atoms with E-state index in [0.717, 1.165) is 66.5 Å². The van der Waals surface area contributed by atoms with Crippen molar-refractivity contribution in [3.8, 4) is 28.0 Å². The fourth-order valence-electron chi connectivity index (χ4n) is 3.71. The Hall–Kier alpha value is -3.22. The highest BCUT2D eigenvalue weighted by atomic mass is 16.5. The summed E-state index contributed by atoms with van der Waals surface area (Å²) in [6.45, 7) is 5.21. The van der Waals surface area contributed by atoms with E-state index < -0.39 is 0 Å². The largest absolute Gasteiger partial charge is 0.492 e. The fourth-order valence-corrected chi connectivity index (χ4v) is 3.71. The molecular weight excluding hydrogens is 376 g/mol. The molecule has 2 aromatic carbocycles. The normalized spacial score (nSPS) is 14.8. The predicted octanol–water partition coefficient (Wildman–Crippen LogP) is 3.77. The second kappa shape index (κ2) is 8.65. The summed E-state index contributed by atoms with van der Waals surface area (Å²) >= 11 is 0. The molecule has 1 saturated heterocycles. The Morgan fingerprint density at radius 3 is 2.47 bits per heavy atom. The van der Waals surface area contributed by atoms with Gasteiger partial charge in [0.25, 0.3) is 0 Å². The van der Waals surface area contributed by atoms with Gasteiger partial charge in [-0.2, -0.15) is 5.10 Å². The summed E-state index contributed by atoms with van der Waals surface area (Å²) in [5.41, 5.74) is 5.11. The molecule has 30 heavy (non-hydrogen) atoms. The van der Waals surface area contributed by atoms with Crippen LogP contribution in [0.15, 0.2) is 73.2 Å². The lowest BCUT2D eigenvalue weighted by molar-refractivity contribution is 0.0322. The molecule has 1 aliphatic rings. The van der Waals surface area contributed by atoms with E-state index >= 15 is 0 Å². The Labute approximate surface area is 175 Å². The molecule has 6 heteroatoms. The standard InChI is InChI=1S/C24H24N4O2/c1-2-4-20(5-3-1)23-17-26-28-18-21(16-25-24(23)28)19-6-8-22(9-7-19)30-15-12-27-10-13-29-14-11-27/h1-9,16-18H,10-15H2. The van der Waals surface area contributed by atoms with Crippen molar-refractivity contribution in [1.82, 2.24) is 19.5 Å². The quantitative estimate of drug-likeness (QED) is 0.493. The van der Waals surface area contributed by atoms with Gasteiger partial charge in [0, 0.05) is 43.2 Å². The fraction of sp³-hybridized carbons (Fsp3) is 0.250. The summed E-state index contributed by atoms with van der Waals surface area (Å²) in [5, 5.41) is 4.50. The van der Waals surface area contributed by atoms with E-state index in [1.807, 2.05) is 53.4 Å². The second-order valence-electron chi connectivity index (χ2n) is 7.36. The van der Waals surface area contributed by atoms with Gasteiger partial charge in [0.2, 0.25) is 0 Å². The molecule has 6 nitrogen and oxygen atoms in total. The Morgan fingerprint density at radius 1 is 0.867 bits per heavy atom. The van der Waals surface area contributed by atoms with Gasteiger partial charge in [-0.3, -0.25) is 4.90 Å². The Morgan fingerprint density at radius 2 is 1.67 bits per heavy atom. The van der Waals surface area contributed by atoms with Crippen molar-refractivity contribution in [3.05, 3.63) is 73.2 Å². The number of morpholine rings is 1. The summed E-state index contributed by atoms with van der Waals surface area (Å²) in [6.07, 6.45) is 5.79. The topological polar surface area (TPSA) is 51.9 Å². The van der Waals surface area contributed by atoms with E-state index in [9.17, 15) is 0 Å². The summed E-state index contributed by atoms with van der Waals surface area (Å²) < 4.78 is 13.1. The van der Waals surface area contributed by atoms with Crippen LogP contribution in [-0.2, 0) is 4.74 Å². The highest BCUT2D eigenvalue weighted by molar-refractivity contribution is 5.77. The van der Waals surface area contributed by atoms with E-state index in [2.05, 4.69) is 39.2 Å². The lowest BCUT2D eigenvalue weighted by atomic mass is 10.1. The Balaban J connectivity index is 1.27. The van der Waals surface area contributed by atoms with Crippen LogP contribution in [0.2, 0.25) is 0 Å². The Bertz CT molecular complexity index is 1100. The van der Waals surface area contributed by atoms with E-state index in [-0.39, 0.29) is 0 Å². The molecule has 0 spiro atoms. The van der Waals surface area contributed by atoms with Gasteiger partial charge in [-0.25, -0.2) is 9.50 Å². The number of nitrogens with zero attached hydrogens (tertiary/aromatic N) is 4. The minimum absolute atomic E-state index is 0.683. The van der Waals surface area contributed by atoms with Gasteiger partial charge in [-0.1, -0.05) is 42.5 Å². The lowest BCUT2D eigenvalue weighted by Crippen LogP contribution is -2.38. The molecule has 5 rings (SSSR count). The number of ether oxygens (including phenoxy) is 2. The molecule has 0 atom stereocenters. The summed E-state index contributed by atoms with van der Waals surface area (Å²) in [5.74, 6) is 0.881. The first-order chi connectivity index (χ1) is 14.9. The van der Waals surface area contributed by atoms with Crippen molar-refractivity contribution >= 4 is 5.65 Å². The third kappa shape index (κ3) is 4.06. The van der Waals surface area contributed by atoms with E-state index in [1.165, 1.54) is 0 Å². The molecule has 4 aromatic rings. The van der Waals surface area contributed by atoms with Gasteiger partial charge in [-0.15, -0.1) is 0 Å². The van der Waals surface area contributed by atoms with E-state index in [4.69, 9.17) is 9.47 Å². The van der Waals surface area contributed by atoms with Crippen molar-refractivity contribution in [1.29, 1.82) is 0 Å². The average Bonchev–Trinajstić information content (AvgIpc) is 3.24. The third-order valence-corrected chi connectivity index (χ3v) is 5.41. The van der Waals surface area contributed by atoms with Crippen molar-refractivity contribution in [2.45, 2.75) is 0 Å². The van der Waals surface area contributed by atoms with Gasteiger partial charge in [0.15, 0.2) is 5.65 Å². The average molecular weight is 400 g/mol. The first-order valence-electron chi connectivity index (χ1n) is 10.3. The molecule has 0 unspecified atom stereocenters. The first-order valence-corrected chi connectivity index (χ1v) is 10.3. The van der Waals surface area contributed by atoms with E-state index in [1.54, 1.807) is 0 Å². The monoisotopic (exact) mass is 400 g/mol. The van der Waals surface area contributed by atoms with Crippen LogP contribution in [0, 0.1) is 0 Å². The molecule has 3 heterocycles. The highest BCUT2D eigenvalue weighted by Gasteiger charge is 2.11. The SMILES string of the molecule is c1ccc(-c2cnn3cc(-c4ccc(OCCN5CCOCC5)cc4)cnc23)cc1. The van der Waals surface area contributed by atoms with Crippen LogP contribution >= 0.6 is 0 Å². The zero-order valence-electron chi connectivity index (χ0n) is 16.8. The van der Waals surface area contributed by atoms with Crippen molar-refractivity contribution < 1.29 is 9.47 Å². The first kappa shape index (κ1) is 18.8. The number of fused-ring (bicyclic) bond motifs is 1. The highest BCUT2D eigenvalue weighted by Crippen LogP contribution is 2.26. The number of benzene rings is 2. The molecule has 0 bridgehead atoms. The van der Waals surface area contributed by atoms with Crippen LogP contribution < -0.4 is 4.74 Å². The number of hydrogen-bond acceptors (Lipinski definition) is 5. The summed E-state index contributed by atoms with van der Waals surface area (Å²) in [4.78, 5) is 7.04. The molecule has 152 valence electrons. The molecule has 0 saturated carbocycles. The summed E-state index contributed by atoms with van der Waals surface area (Å²) in [6, 6.07) is 18.4. The smallest absolute Gasteiger partial charge is 0.162 e. The predicted molar refractivity (Wildman–Crippen MR) is 117 cm³/mol.